The second-order valence-electron chi connectivity index (χ2n) is 5.45. The zero-order valence-electron chi connectivity index (χ0n) is 12.7. The molecule has 8 heteroatoms. The third-order valence-corrected chi connectivity index (χ3v) is 5.36. The van der Waals surface area contributed by atoms with E-state index < -0.39 is 10.2 Å². The second kappa shape index (κ2) is 7.35. The molecule has 0 spiro atoms. The molecule has 2 heterocycles. The van der Waals surface area contributed by atoms with Crippen molar-refractivity contribution < 1.29 is 8.42 Å². The smallest absolute Gasteiger partial charge is 0.279 e. The third-order valence-electron chi connectivity index (χ3n) is 3.84. The summed E-state index contributed by atoms with van der Waals surface area (Å²) in [7, 11) is -1.58. The van der Waals surface area contributed by atoms with E-state index in [2.05, 4.69) is 21.9 Å². The molecule has 2 N–H and O–H groups in total. The highest BCUT2D eigenvalue weighted by atomic mass is 32.2. The van der Waals surface area contributed by atoms with Gasteiger partial charge in [-0.25, -0.2) is 4.98 Å². The van der Waals surface area contributed by atoms with Gasteiger partial charge in [0.1, 0.15) is 5.82 Å². The standard InChI is InChI=1S/C13H25N5O2S/c1-3-14-9-12-5-4-7-18(11-12)21(19,20)16-10-13-15-6-8-17(13)2/h6,8,12,14,16H,3-5,7,9-11H2,1-2H3. The van der Waals surface area contributed by atoms with E-state index in [0.717, 1.165) is 25.9 Å². The van der Waals surface area contributed by atoms with Crippen LogP contribution in [0.25, 0.3) is 0 Å². The quantitative estimate of drug-likeness (QED) is 0.747. The van der Waals surface area contributed by atoms with E-state index in [-0.39, 0.29) is 6.54 Å². The van der Waals surface area contributed by atoms with Crippen molar-refractivity contribution in [3.63, 3.8) is 0 Å². The number of nitrogens with zero attached hydrogens (tertiary/aromatic N) is 3. The Balaban J connectivity index is 1.90. The Hall–Kier alpha value is -0.960. The van der Waals surface area contributed by atoms with Crippen molar-refractivity contribution >= 4 is 10.2 Å². The van der Waals surface area contributed by atoms with Gasteiger partial charge in [-0.1, -0.05) is 6.92 Å². The highest BCUT2D eigenvalue weighted by molar-refractivity contribution is 7.87. The molecule has 0 radical (unpaired) electrons. The molecule has 21 heavy (non-hydrogen) atoms. The van der Waals surface area contributed by atoms with E-state index >= 15 is 0 Å². The van der Waals surface area contributed by atoms with Gasteiger partial charge >= 0.3 is 0 Å². The SMILES string of the molecule is CCNCC1CCCN(S(=O)(=O)NCc2nccn2C)C1. The molecule has 1 aromatic heterocycles. The monoisotopic (exact) mass is 315 g/mol. The van der Waals surface area contributed by atoms with Crippen molar-refractivity contribution in [3.05, 3.63) is 18.2 Å². The van der Waals surface area contributed by atoms with Crippen LogP contribution >= 0.6 is 0 Å². The van der Waals surface area contributed by atoms with E-state index in [1.165, 1.54) is 0 Å². The number of aryl methyl sites for hydroxylation is 1. The van der Waals surface area contributed by atoms with Crippen LogP contribution in [0.4, 0.5) is 0 Å². The van der Waals surface area contributed by atoms with E-state index in [0.29, 0.717) is 24.8 Å². The minimum atomic E-state index is -3.43. The maximum atomic E-state index is 12.4. The molecular weight excluding hydrogens is 290 g/mol. The van der Waals surface area contributed by atoms with Crippen molar-refractivity contribution in [3.8, 4) is 0 Å². The van der Waals surface area contributed by atoms with Crippen molar-refractivity contribution in [2.45, 2.75) is 26.3 Å². The van der Waals surface area contributed by atoms with Gasteiger partial charge in [0.2, 0.25) is 0 Å². The highest BCUT2D eigenvalue weighted by Gasteiger charge is 2.28. The fraction of sp³-hybridized carbons (Fsp3) is 0.769. The lowest BCUT2D eigenvalue weighted by Gasteiger charge is -2.31. The summed E-state index contributed by atoms with van der Waals surface area (Å²) in [5, 5.41) is 3.30. The van der Waals surface area contributed by atoms with Crippen LogP contribution < -0.4 is 10.0 Å². The first-order valence-corrected chi connectivity index (χ1v) is 8.88. The van der Waals surface area contributed by atoms with Gasteiger partial charge in [-0.2, -0.15) is 17.4 Å². The van der Waals surface area contributed by atoms with Gasteiger partial charge in [0.15, 0.2) is 0 Å². The predicted octanol–water partition coefficient (Wildman–Crippen LogP) is 0.0760. The van der Waals surface area contributed by atoms with Crippen LogP contribution in [0, 0.1) is 5.92 Å². The summed E-state index contributed by atoms with van der Waals surface area (Å²) >= 11 is 0. The van der Waals surface area contributed by atoms with E-state index in [1.54, 1.807) is 16.7 Å². The fourth-order valence-electron chi connectivity index (χ4n) is 2.57. The van der Waals surface area contributed by atoms with Crippen molar-refractivity contribution in [1.29, 1.82) is 0 Å². The molecule has 7 nitrogen and oxygen atoms in total. The van der Waals surface area contributed by atoms with E-state index in [1.807, 2.05) is 11.6 Å². The lowest BCUT2D eigenvalue weighted by Crippen LogP contribution is -2.47. The normalized spacial score (nSPS) is 20.8. The first-order valence-electron chi connectivity index (χ1n) is 7.44. The van der Waals surface area contributed by atoms with Gasteiger partial charge in [0.25, 0.3) is 10.2 Å². The molecule has 1 aliphatic rings. The van der Waals surface area contributed by atoms with Crippen LogP contribution in [0.1, 0.15) is 25.6 Å². The van der Waals surface area contributed by atoms with Gasteiger partial charge in [0, 0.05) is 32.5 Å². The minimum absolute atomic E-state index is 0.222. The third kappa shape index (κ3) is 4.50. The van der Waals surface area contributed by atoms with E-state index in [9.17, 15) is 8.42 Å². The maximum absolute atomic E-state index is 12.4. The number of imidazole rings is 1. The zero-order chi connectivity index (χ0) is 15.3. The van der Waals surface area contributed by atoms with Crippen LogP contribution in [-0.4, -0.2) is 48.5 Å². The number of hydrogen-bond acceptors (Lipinski definition) is 4. The molecular formula is C13H25N5O2S. The van der Waals surface area contributed by atoms with Crippen LogP contribution in [-0.2, 0) is 23.8 Å². The molecule has 0 amide bonds. The lowest BCUT2D eigenvalue weighted by molar-refractivity contribution is 0.258. The number of piperidine rings is 1. The predicted molar refractivity (Wildman–Crippen MR) is 81.8 cm³/mol. The molecule has 1 atom stereocenters. The number of nitrogens with one attached hydrogen (secondary N) is 2. The summed E-state index contributed by atoms with van der Waals surface area (Å²) in [6.45, 7) is 5.26. The Labute approximate surface area is 126 Å². The van der Waals surface area contributed by atoms with E-state index in [4.69, 9.17) is 0 Å². The van der Waals surface area contributed by atoms with Crippen molar-refractivity contribution in [2.24, 2.45) is 13.0 Å². The summed E-state index contributed by atoms with van der Waals surface area (Å²) in [6.07, 6.45) is 5.46. The number of hydrogen-bond donors (Lipinski definition) is 2. The molecule has 0 bridgehead atoms. The molecule has 2 rings (SSSR count). The highest BCUT2D eigenvalue weighted by Crippen LogP contribution is 2.18. The Morgan fingerprint density at radius 1 is 1.48 bits per heavy atom. The molecule has 1 aromatic rings. The Kier molecular flexibility index (Phi) is 5.74. The van der Waals surface area contributed by atoms with Gasteiger partial charge in [0.05, 0.1) is 6.54 Å². The minimum Gasteiger partial charge on any atom is -0.337 e. The average Bonchev–Trinajstić information content (AvgIpc) is 2.89. The van der Waals surface area contributed by atoms with Crippen molar-refractivity contribution in [2.75, 3.05) is 26.2 Å². The van der Waals surface area contributed by atoms with Crippen LogP contribution in [0.3, 0.4) is 0 Å². The zero-order valence-corrected chi connectivity index (χ0v) is 13.6. The van der Waals surface area contributed by atoms with Crippen LogP contribution in [0.5, 0.6) is 0 Å². The lowest BCUT2D eigenvalue weighted by atomic mass is 10.00. The molecule has 1 fully saturated rings. The molecule has 120 valence electrons. The molecule has 1 unspecified atom stereocenters. The van der Waals surface area contributed by atoms with Gasteiger partial charge in [-0.05, 0) is 31.8 Å². The molecule has 1 saturated heterocycles. The van der Waals surface area contributed by atoms with Crippen LogP contribution in [0.15, 0.2) is 12.4 Å². The first kappa shape index (κ1) is 16.4. The Morgan fingerprint density at radius 3 is 2.95 bits per heavy atom. The summed E-state index contributed by atoms with van der Waals surface area (Å²) in [5.74, 6) is 1.10. The Morgan fingerprint density at radius 2 is 2.29 bits per heavy atom. The van der Waals surface area contributed by atoms with Gasteiger partial charge in [-0.3, -0.25) is 0 Å². The fourth-order valence-corrected chi connectivity index (χ4v) is 3.84. The summed E-state index contributed by atoms with van der Waals surface area (Å²) in [6, 6.07) is 0. The second-order valence-corrected chi connectivity index (χ2v) is 7.21. The molecule has 0 aliphatic carbocycles. The average molecular weight is 315 g/mol. The largest absolute Gasteiger partial charge is 0.337 e. The summed E-state index contributed by atoms with van der Waals surface area (Å²) < 4.78 is 30.7. The maximum Gasteiger partial charge on any atom is 0.279 e. The molecule has 1 aliphatic heterocycles. The summed E-state index contributed by atoms with van der Waals surface area (Å²) in [5.41, 5.74) is 0. The van der Waals surface area contributed by atoms with Gasteiger partial charge < -0.3 is 9.88 Å². The topological polar surface area (TPSA) is 79.3 Å². The van der Waals surface area contributed by atoms with Crippen molar-refractivity contribution in [1.82, 2.24) is 23.9 Å². The number of aromatic nitrogens is 2. The first-order chi connectivity index (χ1) is 10.0. The molecule has 0 saturated carbocycles. The van der Waals surface area contributed by atoms with Gasteiger partial charge in [-0.15, -0.1) is 0 Å². The Bertz CT molecular complexity index is 543. The van der Waals surface area contributed by atoms with Crippen LogP contribution in [0.2, 0.25) is 0 Å². The molecule has 0 aromatic carbocycles. The summed E-state index contributed by atoms with van der Waals surface area (Å²) in [4.78, 5) is 4.13. The number of rotatable bonds is 7.